The second kappa shape index (κ2) is 7.56. The lowest BCUT2D eigenvalue weighted by Gasteiger charge is -2.33. The molecule has 0 aliphatic carbocycles. The number of hydrogen-bond donors (Lipinski definition) is 1. The third-order valence-electron chi connectivity index (χ3n) is 4.50. The van der Waals surface area contributed by atoms with E-state index in [1.807, 2.05) is 12.4 Å². The number of piperidine rings is 1. The molecule has 4 heteroatoms. The molecule has 1 aromatic carbocycles. The topological polar surface area (TPSA) is 35.2 Å². The van der Waals surface area contributed by atoms with Crippen molar-refractivity contribution in [3.63, 3.8) is 0 Å². The van der Waals surface area contributed by atoms with Gasteiger partial charge in [0.15, 0.2) is 0 Å². The van der Waals surface area contributed by atoms with E-state index in [9.17, 15) is 0 Å². The average Bonchev–Trinajstić information content (AvgIpc) is 3.03. The van der Waals surface area contributed by atoms with Gasteiger partial charge in [0.25, 0.3) is 0 Å². The first-order valence-corrected chi connectivity index (χ1v) is 8.22. The molecule has 0 atom stereocenters. The number of benzene rings is 1. The lowest BCUT2D eigenvalue weighted by atomic mass is 9.96. The molecule has 0 amide bonds. The minimum atomic E-state index is 0.812. The summed E-state index contributed by atoms with van der Waals surface area (Å²) >= 11 is 0. The van der Waals surface area contributed by atoms with Crippen LogP contribution in [-0.2, 0) is 13.1 Å². The van der Waals surface area contributed by atoms with Gasteiger partial charge in [0.05, 0.1) is 6.54 Å². The summed E-state index contributed by atoms with van der Waals surface area (Å²) in [6.45, 7) is 5.61. The van der Waals surface area contributed by atoms with E-state index < -0.39 is 0 Å². The maximum Gasteiger partial charge on any atom is 0.120 e. The zero-order chi connectivity index (χ0) is 15.2. The number of nitrogens with one attached hydrogen (secondary N) is 1. The van der Waals surface area contributed by atoms with Crippen molar-refractivity contribution in [2.24, 2.45) is 5.92 Å². The molecule has 1 aliphatic rings. The summed E-state index contributed by atoms with van der Waals surface area (Å²) in [5.41, 5.74) is 1.43. The number of rotatable bonds is 6. The summed E-state index contributed by atoms with van der Waals surface area (Å²) < 4.78 is 0. The van der Waals surface area contributed by atoms with E-state index in [0.29, 0.717) is 0 Å². The monoisotopic (exact) mass is 298 g/mol. The van der Waals surface area contributed by atoms with Crippen molar-refractivity contribution in [1.29, 1.82) is 0 Å². The van der Waals surface area contributed by atoms with Crippen LogP contribution in [0.3, 0.4) is 0 Å². The third kappa shape index (κ3) is 4.42. The predicted molar refractivity (Wildman–Crippen MR) is 89.4 cm³/mol. The molecule has 0 spiro atoms. The van der Waals surface area contributed by atoms with Gasteiger partial charge >= 0.3 is 0 Å². The van der Waals surface area contributed by atoms with E-state index in [1.54, 1.807) is 0 Å². The van der Waals surface area contributed by atoms with Crippen LogP contribution in [0.25, 0.3) is 0 Å². The highest BCUT2D eigenvalue weighted by Gasteiger charge is 2.20. The van der Waals surface area contributed by atoms with Crippen LogP contribution in [0.15, 0.2) is 42.7 Å². The Hall–Kier alpha value is -1.65. The van der Waals surface area contributed by atoms with E-state index in [4.69, 9.17) is 0 Å². The fourth-order valence-corrected chi connectivity index (χ4v) is 3.31. The first-order chi connectivity index (χ1) is 10.8. The molecule has 1 aliphatic heterocycles. The van der Waals surface area contributed by atoms with E-state index in [2.05, 4.69) is 57.1 Å². The van der Waals surface area contributed by atoms with Crippen molar-refractivity contribution in [1.82, 2.24) is 19.8 Å². The number of hydrogen-bond acceptors (Lipinski definition) is 3. The van der Waals surface area contributed by atoms with Gasteiger partial charge in [0, 0.05) is 25.5 Å². The molecular weight excluding hydrogens is 272 g/mol. The number of nitrogens with zero attached hydrogens (tertiary/aromatic N) is 3. The van der Waals surface area contributed by atoms with Gasteiger partial charge < -0.3 is 4.98 Å². The number of likely N-dealkylation sites (tertiary alicyclic amines) is 1. The minimum Gasteiger partial charge on any atom is -0.348 e. The van der Waals surface area contributed by atoms with Gasteiger partial charge in [-0.15, -0.1) is 0 Å². The van der Waals surface area contributed by atoms with Crippen molar-refractivity contribution >= 4 is 0 Å². The van der Waals surface area contributed by atoms with Crippen LogP contribution in [0.4, 0.5) is 0 Å². The zero-order valence-corrected chi connectivity index (χ0v) is 13.4. The van der Waals surface area contributed by atoms with Gasteiger partial charge in [0.2, 0.25) is 0 Å². The van der Waals surface area contributed by atoms with E-state index in [1.165, 1.54) is 38.0 Å². The Labute approximate surface area is 133 Å². The molecule has 0 unspecified atom stereocenters. The molecule has 22 heavy (non-hydrogen) atoms. The Kier molecular flexibility index (Phi) is 5.24. The van der Waals surface area contributed by atoms with Gasteiger partial charge in [-0.2, -0.15) is 0 Å². The highest BCUT2D eigenvalue weighted by Crippen LogP contribution is 2.20. The maximum atomic E-state index is 4.30. The average molecular weight is 298 g/mol. The van der Waals surface area contributed by atoms with Crippen molar-refractivity contribution in [3.8, 4) is 0 Å². The van der Waals surface area contributed by atoms with Gasteiger partial charge in [-0.1, -0.05) is 30.3 Å². The minimum absolute atomic E-state index is 0.812. The Morgan fingerprint density at radius 1 is 1.23 bits per heavy atom. The van der Waals surface area contributed by atoms with Crippen LogP contribution in [0, 0.1) is 5.92 Å². The van der Waals surface area contributed by atoms with E-state index >= 15 is 0 Å². The lowest BCUT2D eigenvalue weighted by molar-refractivity contribution is 0.146. The Bertz CT molecular complexity index is 529. The van der Waals surface area contributed by atoms with Crippen LogP contribution in [0.2, 0.25) is 0 Å². The maximum absolute atomic E-state index is 4.30. The number of aromatic nitrogens is 2. The zero-order valence-electron chi connectivity index (χ0n) is 13.4. The van der Waals surface area contributed by atoms with Crippen LogP contribution < -0.4 is 0 Å². The SMILES string of the molecule is CN(Cc1ncc[nH]1)CC1CCN(Cc2ccccc2)CC1. The van der Waals surface area contributed by atoms with Crippen molar-refractivity contribution < 1.29 is 0 Å². The third-order valence-corrected chi connectivity index (χ3v) is 4.50. The van der Waals surface area contributed by atoms with Gasteiger partial charge in [-0.3, -0.25) is 9.80 Å². The lowest BCUT2D eigenvalue weighted by Crippen LogP contribution is -2.37. The largest absolute Gasteiger partial charge is 0.348 e. The Morgan fingerprint density at radius 3 is 2.68 bits per heavy atom. The predicted octanol–water partition coefficient (Wildman–Crippen LogP) is 2.75. The van der Waals surface area contributed by atoms with Crippen LogP contribution >= 0.6 is 0 Å². The second-order valence-electron chi connectivity index (χ2n) is 6.44. The molecule has 0 radical (unpaired) electrons. The summed E-state index contributed by atoms with van der Waals surface area (Å²) in [5.74, 6) is 1.87. The summed E-state index contributed by atoms with van der Waals surface area (Å²) in [5, 5.41) is 0. The summed E-state index contributed by atoms with van der Waals surface area (Å²) in [6, 6.07) is 10.8. The normalized spacial score (nSPS) is 17.2. The molecule has 118 valence electrons. The van der Waals surface area contributed by atoms with Gasteiger partial charge in [0.1, 0.15) is 5.82 Å². The number of imidazole rings is 1. The van der Waals surface area contributed by atoms with Crippen molar-refractivity contribution in [2.45, 2.75) is 25.9 Å². The van der Waals surface area contributed by atoms with E-state index in [-0.39, 0.29) is 0 Å². The van der Waals surface area contributed by atoms with Crippen LogP contribution in [-0.4, -0.2) is 46.4 Å². The molecule has 4 nitrogen and oxygen atoms in total. The molecule has 1 fully saturated rings. The molecule has 0 saturated carbocycles. The van der Waals surface area contributed by atoms with E-state index in [0.717, 1.165) is 24.8 Å². The quantitative estimate of drug-likeness (QED) is 0.890. The highest BCUT2D eigenvalue weighted by molar-refractivity contribution is 5.14. The highest BCUT2D eigenvalue weighted by atomic mass is 15.1. The second-order valence-corrected chi connectivity index (χ2v) is 6.44. The molecule has 2 heterocycles. The Balaban J connectivity index is 1.40. The molecule has 3 rings (SSSR count). The number of H-pyrrole nitrogens is 1. The summed E-state index contributed by atoms with van der Waals surface area (Å²) in [7, 11) is 2.19. The molecule has 0 bridgehead atoms. The molecule has 1 saturated heterocycles. The first kappa shape index (κ1) is 15.3. The smallest absolute Gasteiger partial charge is 0.120 e. The van der Waals surface area contributed by atoms with Gasteiger partial charge in [-0.25, -0.2) is 4.98 Å². The first-order valence-electron chi connectivity index (χ1n) is 8.22. The van der Waals surface area contributed by atoms with Crippen molar-refractivity contribution in [3.05, 3.63) is 54.1 Å². The van der Waals surface area contributed by atoms with Gasteiger partial charge in [-0.05, 0) is 44.5 Å². The standard InChI is InChI=1S/C18H26N4/c1-21(15-18-19-9-10-20-18)13-17-7-11-22(12-8-17)14-16-5-3-2-4-6-16/h2-6,9-10,17H,7-8,11-15H2,1H3,(H,19,20). The summed E-state index contributed by atoms with van der Waals surface area (Å²) in [4.78, 5) is 12.4. The molecule has 1 aromatic heterocycles. The molecule has 2 aromatic rings. The Morgan fingerprint density at radius 2 is 2.00 bits per heavy atom. The molecule has 1 N–H and O–H groups in total. The van der Waals surface area contributed by atoms with Crippen LogP contribution in [0.1, 0.15) is 24.2 Å². The fourth-order valence-electron chi connectivity index (χ4n) is 3.31. The summed E-state index contributed by atoms with van der Waals surface area (Å²) in [6.07, 6.45) is 6.32. The molecular formula is C18H26N4. The van der Waals surface area contributed by atoms with Crippen molar-refractivity contribution in [2.75, 3.05) is 26.7 Å². The fraction of sp³-hybridized carbons (Fsp3) is 0.500. The number of aromatic amines is 1. The van der Waals surface area contributed by atoms with Crippen LogP contribution in [0.5, 0.6) is 0 Å².